The number of fused-ring (bicyclic) bond motifs is 2. The van der Waals surface area contributed by atoms with E-state index < -0.39 is 48.1 Å². The third-order valence-corrected chi connectivity index (χ3v) is 9.77. The molecule has 0 aromatic carbocycles. The number of aliphatic hydroxyl groups is 1. The molecule has 3 rings (SSSR count). The zero-order valence-corrected chi connectivity index (χ0v) is 22.8. The second-order valence-corrected chi connectivity index (χ2v) is 11.9. The van der Waals surface area contributed by atoms with Gasteiger partial charge >= 0.3 is 24.3 Å². The van der Waals surface area contributed by atoms with E-state index >= 15 is 0 Å². The van der Waals surface area contributed by atoms with Gasteiger partial charge < -0.3 is 14.9 Å². The minimum atomic E-state index is -5.69. The minimum Gasteiger partial charge on any atom is -0.481 e. The van der Waals surface area contributed by atoms with Crippen LogP contribution in [0.2, 0.25) is 0 Å². The van der Waals surface area contributed by atoms with Crippen molar-refractivity contribution in [1.29, 1.82) is 0 Å². The Labute approximate surface area is 220 Å². The highest BCUT2D eigenvalue weighted by atomic mass is 19.4. The number of carbonyl (C=O) groups excluding carboxylic acids is 1. The highest BCUT2D eigenvalue weighted by Crippen LogP contribution is 2.59. The van der Waals surface area contributed by atoms with Crippen LogP contribution >= 0.6 is 0 Å². The van der Waals surface area contributed by atoms with Gasteiger partial charge in [0.15, 0.2) is 0 Å². The Morgan fingerprint density at radius 1 is 0.921 bits per heavy atom. The Morgan fingerprint density at radius 3 is 1.84 bits per heavy atom. The summed E-state index contributed by atoms with van der Waals surface area (Å²) in [6, 6.07) is 0. The van der Waals surface area contributed by atoms with Crippen molar-refractivity contribution in [2.75, 3.05) is 0 Å². The van der Waals surface area contributed by atoms with Crippen LogP contribution in [0.5, 0.6) is 0 Å². The number of carboxylic acid groups (broad SMARTS) is 1. The van der Waals surface area contributed by atoms with Gasteiger partial charge in [-0.15, -0.1) is 0 Å². The number of hydrogen-bond donors (Lipinski definition) is 2. The Kier molecular flexibility index (Phi) is 10.3. The first-order chi connectivity index (χ1) is 17.3. The molecule has 3 aliphatic carbocycles. The van der Waals surface area contributed by atoms with Crippen LogP contribution < -0.4 is 0 Å². The molecule has 2 N–H and O–H groups in total. The Hall–Kier alpha value is -1.52. The van der Waals surface area contributed by atoms with Gasteiger partial charge in [-0.05, 0) is 81.0 Å². The van der Waals surface area contributed by atoms with Gasteiger partial charge in [0, 0.05) is 0 Å². The molecule has 11 heteroatoms. The summed E-state index contributed by atoms with van der Waals surface area (Å²) in [7, 11) is 0. The van der Waals surface area contributed by atoms with Crippen LogP contribution in [0.25, 0.3) is 0 Å². The molecular weight excluding hydrogens is 518 g/mol. The van der Waals surface area contributed by atoms with Crippen LogP contribution in [0, 0.1) is 41.4 Å². The molecule has 0 heterocycles. The van der Waals surface area contributed by atoms with Crippen LogP contribution in [0.3, 0.4) is 0 Å². The molecule has 0 aromatic rings. The number of hydrogen-bond acceptors (Lipinski definition) is 4. The van der Waals surface area contributed by atoms with E-state index in [2.05, 4.69) is 0 Å². The molecule has 0 aliphatic heterocycles. The summed E-state index contributed by atoms with van der Waals surface area (Å²) in [4.78, 5) is 22.9. The number of ether oxygens (including phenoxy) is 1. The van der Waals surface area contributed by atoms with E-state index in [1.165, 1.54) is 6.42 Å². The summed E-state index contributed by atoms with van der Waals surface area (Å²) in [5, 5.41) is 18.2. The smallest absolute Gasteiger partial charge is 0.426 e. The Bertz CT molecular complexity index is 804. The van der Waals surface area contributed by atoms with E-state index in [0.29, 0.717) is 18.8 Å². The van der Waals surface area contributed by atoms with Crippen LogP contribution in [-0.4, -0.2) is 45.7 Å². The minimum absolute atomic E-state index is 0.115. The molecule has 7 atom stereocenters. The lowest BCUT2D eigenvalue weighted by Gasteiger charge is -2.39. The van der Waals surface area contributed by atoms with Gasteiger partial charge in [0.1, 0.15) is 5.60 Å². The van der Waals surface area contributed by atoms with E-state index in [-0.39, 0.29) is 29.3 Å². The molecule has 0 spiro atoms. The fourth-order valence-electron chi connectivity index (χ4n) is 6.55. The van der Waals surface area contributed by atoms with Crippen LogP contribution in [0.1, 0.15) is 92.4 Å². The number of rotatable bonds is 7. The van der Waals surface area contributed by atoms with Gasteiger partial charge in [0.25, 0.3) is 5.60 Å². The van der Waals surface area contributed by atoms with Crippen molar-refractivity contribution in [2.45, 2.75) is 116 Å². The monoisotopic (exact) mass is 560 g/mol. The maximum absolute atomic E-state index is 12.7. The summed E-state index contributed by atoms with van der Waals surface area (Å²) in [6.45, 7) is 9.08. The lowest BCUT2D eigenvalue weighted by atomic mass is 9.72. The number of carbonyl (C=O) groups is 2. The van der Waals surface area contributed by atoms with E-state index in [4.69, 9.17) is 9.84 Å². The van der Waals surface area contributed by atoms with E-state index in [1.54, 1.807) is 13.8 Å². The molecule has 0 radical (unpaired) electrons. The van der Waals surface area contributed by atoms with Gasteiger partial charge in [0.05, 0.1) is 11.8 Å². The molecule has 3 aliphatic rings. The number of alkyl halides is 6. The van der Waals surface area contributed by atoms with Crippen molar-refractivity contribution in [1.82, 2.24) is 0 Å². The van der Waals surface area contributed by atoms with Crippen molar-refractivity contribution < 1.29 is 50.9 Å². The van der Waals surface area contributed by atoms with Crippen LogP contribution in [-0.2, 0) is 14.3 Å². The van der Waals surface area contributed by atoms with Crippen LogP contribution in [0.4, 0.5) is 26.3 Å². The maximum atomic E-state index is 12.7. The summed E-state index contributed by atoms with van der Waals surface area (Å²) in [5.41, 5.74) is -4.93. The first kappa shape index (κ1) is 32.7. The SMILES string of the molecule is CC1C2CC(CC(O)(C(F)(F)F)C(F)(F)F)C(C2)C1C.CCC1(OC(=O)C(C)C(C)C(=O)O)CCCCC1. The molecule has 0 saturated heterocycles. The fourth-order valence-corrected chi connectivity index (χ4v) is 6.55. The van der Waals surface area contributed by atoms with Crippen molar-refractivity contribution in [3.05, 3.63) is 0 Å². The third-order valence-electron chi connectivity index (χ3n) is 9.77. The van der Waals surface area contributed by atoms with E-state index in [1.807, 2.05) is 20.8 Å². The predicted molar refractivity (Wildman–Crippen MR) is 128 cm³/mol. The van der Waals surface area contributed by atoms with Gasteiger partial charge in [0.2, 0.25) is 0 Å². The Morgan fingerprint density at radius 2 is 1.45 bits per heavy atom. The number of esters is 1. The van der Waals surface area contributed by atoms with Gasteiger partial charge in [-0.25, -0.2) is 0 Å². The summed E-state index contributed by atoms with van der Waals surface area (Å²) >= 11 is 0. The van der Waals surface area contributed by atoms with Gasteiger partial charge in [-0.1, -0.05) is 41.0 Å². The molecule has 0 amide bonds. The molecule has 5 nitrogen and oxygen atoms in total. The quantitative estimate of drug-likeness (QED) is 0.255. The van der Waals surface area contributed by atoms with Crippen molar-refractivity contribution in [3.63, 3.8) is 0 Å². The second-order valence-electron chi connectivity index (χ2n) is 11.9. The predicted octanol–water partition coefficient (Wildman–Crippen LogP) is 7.16. The average Bonchev–Trinajstić information content (AvgIpc) is 3.36. The largest absolute Gasteiger partial charge is 0.481 e. The lowest BCUT2D eigenvalue weighted by Crippen LogP contribution is -2.58. The van der Waals surface area contributed by atoms with E-state index in [0.717, 1.165) is 32.1 Å². The number of halogens is 6. The second kappa shape index (κ2) is 11.9. The normalized spacial score (nSPS) is 30.7. The third kappa shape index (κ3) is 6.78. The molecule has 222 valence electrons. The number of aliphatic carboxylic acids is 1. The maximum Gasteiger partial charge on any atom is 0.426 e. The highest BCUT2D eigenvalue weighted by molar-refractivity contribution is 5.80. The standard InChI is InChI=1S/C14H24O4.C13H18F6O/c1-4-14(8-6-5-7-9-14)18-13(17)11(3)10(2)12(15)16;1-6-7(2)10-4-8(6)3-9(10)5-11(20,12(14,15)16)13(17,18)19/h10-11H,4-9H2,1-3H3,(H,15,16);6-10,20H,3-5H2,1-2H3. The molecule has 0 aromatic heterocycles. The zero-order valence-electron chi connectivity index (χ0n) is 22.8. The van der Waals surface area contributed by atoms with Gasteiger partial charge in [-0.2, -0.15) is 26.3 Å². The molecule has 2 bridgehead atoms. The van der Waals surface area contributed by atoms with Crippen molar-refractivity contribution in [3.8, 4) is 0 Å². The molecule has 7 unspecified atom stereocenters. The highest BCUT2D eigenvalue weighted by Gasteiger charge is 2.71. The van der Waals surface area contributed by atoms with E-state index in [9.17, 15) is 41.0 Å². The van der Waals surface area contributed by atoms with Gasteiger partial charge in [-0.3, -0.25) is 9.59 Å². The average molecular weight is 561 g/mol. The topological polar surface area (TPSA) is 83.8 Å². The fraction of sp³-hybridized carbons (Fsp3) is 0.926. The molecular formula is C27H42F6O5. The Balaban J connectivity index is 0.000000269. The molecule has 3 saturated carbocycles. The van der Waals surface area contributed by atoms with Crippen molar-refractivity contribution in [2.24, 2.45) is 41.4 Å². The molecule has 3 fully saturated rings. The lowest BCUT2D eigenvalue weighted by molar-refractivity contribution is -0.373. The first-order valence-electron chi connectivity index (χ1n) is 13.6. The first-order valence-corrected chi connectivity index (χ1v) is 13.6. The van der Waals surface area contributed by atoms with Crippen molar-refractivity contribution >= 4 is 11.9 Å². The molecule has 38 heavy (non-hydrogen) atoms. The summed E-state index contributed by atoms with van der Waals surface area (Å²) in [6.07, 6.45) is -5.63. The zero-order chi connectivity index (χ0) is 29.3. The number of carboxylic acids is 1. The van der Waals surface area contributed by atoms with Crippen LogP contribution in [0.15, 0.2) is 0 Å². The summed E-state index contributed by atoms with van der Waals surface area (Å²) in [5.74, 6) is -2.83. The summed E-state index contributed by atoms with van der Waals surface area (Å²) < 4.78 is 81.9.